The molecule has 1 N–H and O–H groups in total. The average Bonchev–Trinajstić information content (AvgIpc) is 2.90. The Morgan fingerprint density at radius 1 is 1.07 bits per heavy atom. The molecule has 6 nitrogen and oxygen atoms in total. The first-order valence-corrected chi connectivity index (χ1v) is 13.4. The molecule has 0 radical (unpaired) electrons. The molecular formula is C26H27F6N3O3S2. The smallest absolute Gasteiger partial charge is 0.378 e. The number of unbranched alkanes of at least 4 members (excludes halogenated alkanes) is 1. The van der Waals surface area contributed by atoms with Gasteiger partial charge in [-0.05, 0) is 42.3 Å². The third kappa shape index (κ3) is 8.58. The number of rotatable bonds is 8. The molecule has 0 spiro atoms. The molecule has 3 amide bonds. The Hall–Kier alpha value is -2.84. The van der Waals surface area contributed by atoms with Gasteiger partial charge in [0.15, 0.2) is 0 Å². The number of thiol groups is 1. The zero-order valence-electron chi connectivity index (χ0n) is 21.3. The summed E-state index contributed by atoms with van der Waals surface area (Å²) >= 11 is 4.57. The van der Waals surface area contributed by atoms with Gasteiger partial charge in [0.25, 0.3) is 0 Å². The quantitative estimate of drug-likeness (QED) is 0.189. The molecule has 0 atom stereocenters. The highest BCUT2D eigenvalue weighted by Gasteiger charge is 2.46. The lowest BCUT2D eigenvalue weighted by Crippen LogP contribution is -2.39. The molecule has 0 aromatic heterocycles. The van der Waals surface area contributed by atoms with Crippen LogP contribution in [-0.4, -0.2) is 54.0 Å². The van der Waals surface area contributed by atoms with Crippen LogP contribution in [0.4, 0.5) is 36.8 Å². The van der Waals surface area contributed by atoms with Crippen molar-refractivity contribution in [3.05, 3.63) is 59.2 Å². The number of hydrogen-bond donors (Lipinski definition) is 2. The number of amides is 3. The number of alkyl halides is 6. The van der Waals surface area contributed by atoms with Crippen molar-refractivity contribution in [1.29, 1.82) is 0 Å². The first-order chi connectivity index (χ1) is 18.8. The van der Waals surface area contributed by atoms with Crippen molar-refractivity contribution >= 4 is 48.3 Å². The van der Waals surface area contributed by atoms with Crippen molar-refractivity contribution in [1.82, 2.24) is 9.21 Å². The van der Waals surface area contributed by atoms with Gasteiger partial charge in [-0.15, -0.1) is 0 Å². The number of carbonyl (C=O) groups excluding carboxylic acids is 2. The van der Waals surface area contributed by atoms with Crippen LogP contribution in [0.1, 0.15) is 36.5 Å². The lowest BCUT2D eigenvalue weighted by atomic mass is 9.99. The molecule has 2 aromatic carbocycles. The van der Waals surface area contributed by atoms with Gasteiger partial charge in [0.2, 0.25) is 5.91 Å². The van der Waals surface area contributed by atoms with Crippen LogP contribution < -0.4 is 5.32 Å². The number of anilines is 1. The van der Waals surface area contributed by atoms with Gasteiger partial charge in [-0.25, -0.2) is 4.79 Å². The topological polar surface area (TPSA) is 61.9 Å². The Labute approximate surface area is 237 Å². The summed E-state index contributed by atoms with van der Waals surface area (Å²) in [5.74, 6) is -0.628. The highest BCUT2D eigenvalue weighted by molar-refractivity contribution is 7.99. The fraction of sp³-hybridized carbons (Fsp3) is 0.385. The zero-order chi connectivity index (χ0) is 29.5. The molecule has 1 saturated heterocycles. The van der Waals surface area contributed by atoms with Gasteiger partial charge in [-0.1, -0.05) is 50.1 Å². The van der Waals surface area contributed by atoms with E-state index in [4.69, 9.17) is 4.74 Å². The summed E-state index contributed by atoms with van der Waals surface area (Å²) in [5.41, 5.74) is -4.30. The molecule has 40 heavy (non-hydrogen) atoms. The third-order valence-corrected chi connectivity index (χ3v) is 7.20. The van der Waals surface area contributed by atoms with E-state index in [0.717, 1.165) is 35.0 Å². The molecule has 1 aliphatic rings. The monoisotopic (exact) mass is 607 g/mol. The molecule has 0 aliphatic carbocycles. The normalized spacial score (nSPS) is 14.4. The highest BCUT2D eigenvalue weighted by atomic mass is 32.2. The van der Waals surface area contributed by atoms with Crippen LogP contribution in [0.3, 0.4) is 0 Å². The molecule has 3 rings (SSSR count). The predicted molar refractivity (Wildman–Crippen MR) is 143 cm³/mol. The van der Waals surface area contributed by atoms with Crippen molar-refractivity contribution in [2.24, 2.45) is 0 Å². The van der Waals surface area contributed by atoms with Crippen LogP contribution >= 0.6 is 24.6 Å². The van der Waals surface area contributed by atoms with Gasteiger partial charge in [-0.2, -0.15) is 26.3 Å². The average molecular weight is 608 g/mol. The van der Waals surface area contributed by atoms with E-state index >= 15 is 0 Å². The summed E-state index contributed by atoms with van der Waals surface area (Å²) in [7, 11) is 0. The summed E-state index contributed by atoms with van der Waals surface area (Å²) in [6.07, 6.45) is -7.60. The van der Waals surface area contributed by atoms with Crippen LogP contribution in [0, 0.1) is 0 Å². The maximum Gasteiger partial charge on any atom is 0.418 e. The van der Waals surface area contributed by atoms with E-state index in [1.165, 1.54) is 29.2 Å². The van der Waals surface area contributed by atoms with Gasteiger partial charge in [0, 0.05) is 41.2 Å². The summed E-state index contributed by atoms with van der Waals surface area (Å²) < 4.78 is 91.0. The van der Waals surface area contributed by atoms with E-state index in [9.17, 15) is 35.9 Å². The van der Waals surface area contributed by atoms with Crippen molar-refractivity contribution in [2.75, 3.05) is 38.2 Å². The summed E-state index contributed by atoms with van der Waals surface area (Å²) in [5, 5.41) is 2.56. The number of morpholine rings is 1. The van der Waals surface area contributed by atoms with E-state index in [-0.39, 0.29) is 36.9 Å². The minimum Gasteiger partial charge on any atom is -0.378 e. The van der Waals surface area contributed by atoms with Gasteiger partial charge in [-0.3, -0.25) is 9.10 Å². The SMILES string of the molecule is CCCCN(S)C(=O)Nc1cccc(Sc2ccc(C=CC(=O)N3CCOCC3)c(C(F)(F)F)c2C(F)(F)F)c1. The van der Waals surface area contributed by atoms with E-state index in [1.54, 1.807) is 0 Å². The van der Waals surface area contributed by atoms with Crippen molar-refractivity contribution in [2.45, 2.75) is 41.9 Å². The molecular weight excluding hydrogens is 580 g/mol. The number of carbonyl (C=O) groups is 2. The minimum atomic E-state index is -5.37. The number of halogens is 6. The third-order valence-electron chi connectivity index (χ3n) is 5.77. The fourth-order valence-corrected chi connectivity index (χ4v) is 5.06. The van der Waals surface area contributed by atoms with Gasteiger partial charge in [0.1, 0.15) is 0 Å². The summed E-state index contributed by atoms with van der Waals surface area (Å²) in [6, 6.07) is 7.00. The first-order valence-electron chi connectivity index (χ1n) is 12.2. The summed E-state index contributed by atoms with van der Waals surface area (Å²) in [6.45, 7) is 3.27. The molecule has 2 aromatic rings. The van der Waals surface area contributed by atoms with Crippen LogP contribution in [0.5, 0.6) is 0 Å². The standard InChI is InChI=1S/C26H27F6N3O3S2/c1-2-3-11-35(39)24(37)33-18-5-4-6-19(16-18)40-20-9-7-17(8-10-21(36)34-12-14-38-15-13-34)22(25(27,28)29)23(20)26(30,31)32/h4-10,16,39H,2-3,11-15H2,1H3,(H,33,37). The molecule has 0 bridgehead atoms. The van der Waals surface area contributed by atoms with Gasteiger partial charge >= 0.3 is 18.4 Å². The van der Waals surface area contributed by atoms with E-state index in [0.29, 0.717) is 24.7 Å². The Balaban J connectivity index is 1.94. The van der Waals surface area contributed by atoms with Crippen LogP contribution in [0.25, 0.3) is 6.08 Å². The van der Waals surface area contributed by atoms with Gasteiger partial charge < -0.3 is 15.0 Å². The first kappa shape index (κ1) is 31.7. The molecule has 1 aliphatic heterocycles. The van der Waals surface area contributed by atoms with Crippen molar-refractivity contribution in [3.8, 4) is 0 Å². The van der Waals surface area contributed by atoms with Crippen molar-refractivity contribution < 1.29 is 40.7 Å². The lowest BCUT2D eigenvalue weighted by molar-refractivity contribution is -0.163. The van der Waals surface area contributed by atoms with Crippen LogP contribution in [0.15, 0.2) is 52.3 Å². The number of ether oxygens (including phenoxy) is 1. The Morgan fingerprint density at radius 3 is 2.38 bits per heavy atom. The molecule has 0 saturated carbocycles. The number of benzene rings is 2. The molecule has 0 unspecified atom stereocenters. The molecule has 218 valence electrons. The predicted octanol–water partition coefficient (Wildman–Crippen LogP) is 7.23. The number of hydrogen-bond acceptors (Lipinski definition) is 5. The largest absolute Gasteiger partial charge is 0.418 e. The number of nitrogens with one attached hydrogen (secondary N) is 1. The zero-order valence-corrected chi connectivity index (χ0v) is 23.0. The highest BCUT2D eigenvalue weighted by Crippen LogP contribution is 2.48. The Morgan fingerprint density at radius 2 is 1.75 bits per heavy atom. The maximum atomic E-state index is 14.2. The fourth-order valence-electron chi connectivity index (χ4n) is 3.82. The second-order valence-electron chi connectivity index (χ2n) is 8.71. The number of nitrogens with zero attached hydrogens (tertiary/aromatic N) is 2. The van der Waals surface area contributed by atoms with E-state index in [1.807, 2.05) is 6.92 Å². The van der Waals surface area contributed by atoms with Crippen molar-refractivity contribution in [3.63, 3.8) is 0 Å². The maximum absolute atomic E-state index is 14.2. The second-order valence-corrected chi connectivity index (χ2v) is 10.3. The lowest BCUT2D eigenvalue weighted by Gasteiger charge is -2.25. The Bertz CT molecular complexity index is 1230. The van der Waals surface area contributed by atoms with E-state index < -0.39 is 45.9 Å². The molecule has 14 heteroatoms. The Kier molecular flexibility index (Phi) is 10.8. The minimum absolute atomic E-state index is 0.168. The molecule has 1 fully saturated rings. The van der Waals surface area contributed by atoms with Crippen LogP contribution in [0.2, 0.25) is 0 Å². The van der Waals surface area contributed by atoms with E-state index in [2.05, 4.69) is 18.1 Å². The van der Waals surface area contributed by atoms with Crippen LogP contribution in [-0.2, 0) is 21.9 Å². The molecule has 1 heterocycles. The summed E-state index contributed by atoms with van der Waals surface area (Å²) in [4.78, 5) is 25.5. The van der Waals surface area contributed by atoms with Gasteiger partial charge in [0.05, 0.1) is 24.3 Å². The second kappa shape index (κ2) is 13.7. The number of urea groups is 1.